The van der Waals surface area contributed by atoms with Gasteiger partial charge in [-0.2, -0.15) is 0 Å². The van der Waals surface area contributed by atoms with Crippen LogP contribution >= 0.6 is 0 Å². The van der Waals surface area contributed by atoms with Crippen LogP contribution in [-0.4, -0.2) is 28.3 Å². The fourth-order valence-electron chi connectivity index (χ4n) is 1.88. The third-order valence-electron chi connectivity index (χ3n) is 3.50. The lowest BCUT2D eigenvalue weighted by Crippen LogP contribution is -2.47. The minimum absolute atomic E-state index is 0.0820. The first-order valence-corrected chi connectivity index (χ1v) is 6.25. The smallest absolute Gasteiger partial charge is 0.335 e. The number of benzene rings is 1. The summed E-state index contributed by atoms with van der Waals surface area (Å²) in [6.45, 7) is 4.70. The van der Waals surface area contributed by atoms with Gasteiger partial charge in [-0.3, -0.25) is 0 Å². The zero-order chi connectivity index (χ0) is 13.6. The summed E-state index contributed by atoms with van der Waals surface area (Å²) < 4.78 is 0. The molecule has 0 unspecified atom stereocenters. The fraction of sp³-hybridized carbons (Fsp3) is 0.500. The Kier molecular flexibility index (Phi) is 5.31. The number of rotatable bonds is 7. The maximum absolute atomic E-state index is 10.9. The molecule has 0 amide bonds. The number of nitrogens with one attached hydrogen (secondary N) is 1. The van der Waals surface area contributed by atoms with Crippen molar-refractivity contribution in [3.8, 4) is 0 Å². The SMILES string of the molecule is CCC(CC)(CO)NCc1cccc(C(=O)O)c1. The van der Waals surface area contributed by atoms with E-state index in [1.165, 1.54) is 0 Å². The van der Waals surface area contributed by atoms with Crippen molar-refractivity contribution in [2.45, 2.75) is 38.8 Å². The topological polar surface area (TPSA) is 69.6 Å². The van der Waals surface area contributed by atoms with Gasteiger partial charge < -0.3 is 15.5 Å². The Bertz CT molecular complexity index is 392. The van der Waals surface area contributed by atoms with E-state index < -0.39 is 5.97 Å². The summed E-state index contributed by atoms with van der Waals surface area (Å²) in [5.74, 6) is -0.920. The van der Waals surface area contributed by atoms with Crippen molar-refractivity contribution >= 4 is 5.97 Å². The third-order valence-corrected chi connectivity index (χ3v) is 3.50. The summed E-state index contributed by atoms with van der Waals surface area (Å²) in [4.78, 5) is 10.9. The lowest BCUT2D eigenvalue weighted by molar-refractivity contribution is 0.0696. The summed E-state index contributed by atoms with van der Waals surface area (Å²) in [6.07, 6.45) is 1.66. The molecule has 0 radical (unpaired) electrons. The number of aliphatic hydroxyl groups is 1. The second kappa shape index (κ2) is 6.52. The number of hydrogen-bond acceptors (Lipinski definition) is 3. The van der Waals surface area contributed by atoms with Gasteiger partial charge in [0.15, 0.2) is 0 Å². The van der Waals surface area contributed by atoms with Crippen molar-refractivity contribution in [2.75, 3.05) is 6.61 Å². The van der Waals surface area contributed by atoms with E-state index in [9.17, 15) is 9.90 Å². The molecule has 0 atom stereocenters. The molecule has 0 aromatic heterocycles. The number of hydrogen-bond donors (Lipinski definition) is 3. The van der Waals surface area contributed by atoms with Gasteiger partial charge >= 0.3 is 5.97 Å². The zero-order valence-electron chi connectivity index (χ0n) is 10.9. The zero-order valence-corrected chi connectivity index (χ0v) is 10.9. The summed E-state index contributed by atoms with van der Waals surface area (Å²) in [5, 5.41) is 21.7. The molecule has 0 aliphatic carbocycles. The average Bonchev–Trinajstić information content (AvgIpc) is 2.41. The maximum atomic E-state index is 10.9. The normalized spacial score (nSPS) is 11.5. The van der Waals surface area contributed by atoms with Crippen molar-refractivity contribution in [3.63, 3.8) is 0 Å². The first-order valence-electron chi connectivity index (χ1n) is 6.25. The van der Waals surface area contributed by atoms with Gasteiger partial charge in [0, 0.05) is 12.1 Å². The Morgan fingerprint density at radius 1 is 1.33 bits per heavy atom. The van der Waals surface area contributed by atoms with E-state index in [-0.39, 0.29) is 17.7 Å². The lowest BCUT2D eigenvalue weighted by Gasteiger charge is -2.31. The average molecular weight is 251 g/mol. The molecule has 1 rings (SSSR count). The lowest BCUT2D eigenvalue weighted by atomic mass is 9.93. The summed E-state index contributed by atoms with van der Waals surface area (Å²) in [7, 11) is 0. The summed E-state index contributed by atoms with van der Waals surface area (Å²) >= 11 is 0. The Morgan fingerprint density at radius 2 is 2.00 bits per heavy atom. The second-order valence-electron chi connectivity index (χ2n) is 4.50. The maximum Gasteiger partial charge on any atom is 0.335 e. The van der Waals surface area contributed by atoms with Crippen molar-refractivity contribution in [1.29, 1.82) is 0 Å². The van der Waals surface area contributed by atoms with E-state index in [1.807, 2.05) is 19.9 Å². The molecule has 0 bridgehead atoms. The first kappa shape index (κ1) is 14.7. The third kappa shape index (κ3) is 3.55. The summed E-state index contributed by atoms with van der Waals surface area (Å²) in [6, 6.07) is 6.85. The highest BCUT2D eigenvalue weighted by molar-refractivity contribution is 5.87. The van der Waals surface area contributed by atoms with Crippen molar-refractivity contribution in [2.24, 2.45) is 0 Å². The summed E-state index contributed by atoms with van der Waals surface area (Å²) in [5.41, 5.74) is 0.922. The van der Waals surface area contributed by atoms with Crippen LogP contribution in [0, 0.1) is 0 Å². The molecule has 0 fully saturated rings. The minimum atomic E-state index is -0.920. The van der Waals surface area contributed by atoms with Crippen molar-refractivity contribution in [1.82, 2.24) is 5.32 Å². The predicted octanol–water partition coefficient (Wildman–Crippen LogP) is 2.03. The van der Waals surface area contributed by atoms with Crippen LogP contribution in [0.5, 0.6) is 0 Å². The van der Waals surface area contributed by atoms with Crippen LogP contribution in [0.4, 0.5) is 0 Å². The first-order chi connectivity index (χ1) is 8.56. The van der Waals surface area contributed by atoms with Crippen LogP contribution in [-0.2, 0) is 6.54 Å². The van der Waals surface area contributed by atoms with Gasteiger partial charge in [-0.1, -0.05) is 26.0 Å². The van der Waals surface area contributed by atoms with E-state index in [1.54, 1.807) is 18.2 Å². The molecule has 0 aliphatic rings. The molecule has 18 heavy (non-hydrogen) atoms. The van der Waals surface area contributed by atoms with Crippen LogP contribution in [0.3, 0.4) is 0 Å². The number of carbonyl (C=O) groups is 1. The molecule has 0 heterocycles. The highest BCUT2D eigenvalue weighted by Crippen LogP contribution is 2.15. The van der Waals surface area contributed by atoms with E-state index in [0.29, 0.717) is 6.54 Å². The molecular weight excluding hydrogens is 230 g/mol. The molecular formula is C14H21NO3. The molecule has 0 aliphatic heterocycles. The van der Waals surface area contributed by atoms with Crippen LogP contribution < -0.4 is 5.32 Å². The largest absolute Gasteiger partial charge is 0.478 e. The molecule has 100 valence electrons. The Morgan fingerprint density at radius 3 is 2.50 bits per heavy atom. The monoisotopic (exact) mass is 251 g/mol. The van der Waals surface area contributed by atoms with Crippen LogP contribution in [0.25, 0.3) is 0 Å². The molecule has 0 saturated heterocycles. The minimum Gasteiger partial charge on any atom is -0.478 e. The van der Waals surface area contributed by atoms with Gasteiger partial charge in [0.1, 0.15) is 0 Å². The van der Waals surface area contributed by atoms with E-state index in [0.717, 1.165) is 18.4 Å². The molecule has 0 saturated carbocycles. The van der Waals surface area contributed by atoms with Crippen LogP contribution in [0.2, 0.25) is 0 Å². The van der Waals surface area contributed by atoms with E-state index in [4.69, 9.17) is 5.11 Å². The molecule has 1 aromatic carbocycles. The Balaban J connectivity index is 2.73. The van der Waals surface area contributed by atoms with E-state index >= 15 is 0 Å². The quantitative estimate of drug-likeness (QED) is 0.693. The molecule has 4 nitrogen and oxygen atoms in total. The molecule has 4 heteroatoms. The molecule has 1 aromatic rings. The second-order valence-corrected chi connectivity index (χ2v) is 4.50. The number of aromatic carboxylic acids is 1. The van der Waals surface area contributed by atoms with Crippen LogP contribution in [0.1, 0.15) is 42.6 Å². The Labute approximate surface area is 108 Å². The Hall–Kier alpha value is -1.39. The van der Waals surface area contributed by atoms with Crippen molar-refractivity contribution < 1.29 is 15.0 Å². The standard InChI is InChI=1S/C14H21NO3/c1-3-14(4-2,10-16)15-9-11-6-5-7-12(8-11)13(17)18/h5-8,15-16H,3-4,9-10H2,1-2H3,(H,17,18). The van der Waals surface area contributed by atoms with Gasteiger partial charge in [0.25, 0.3) is 0 Å². The predicted molar refractivity (Wildman–Crippen MR) is 70.6 cm³/mol. The number of carboxylic acids is 1. The van der Waals surface area contributed by atoms with Gasteiger partial charge in [-0.05, 0) is 30.5 Å². The van der Waals surface area contributed by atoms with Gasteiger partial charge in [-0.15, -0.1) is 0 Å². The van der Waals surface area contributed by atoms with Crippen molar-refractivity contribution in [3.05, 3.63) is 35.4 Å². The number of aliphatic hydroxyl groups excluding tert-OH is 1. The molecule has 0 spiro atoms. The highest BCUT2D eigenvalue weighted by atomic mass is 16.4. The van der Waals surface area contributed by atoms with Gasteiger partial charge in [-0.25, -0.2) is 4.79 Å². The van der Waals surface area contributed by atoms with Gasteiger partial charge in [0.2, 0.25) is 0 Å². The number of carboxylic acid groups (broad SMARTS) is 1. The van der Waals surface area contributed by atoms with E-state index in [2.05, 4.69) is 5.32 Å². The fourth-order valence-corrected chi connectivity index (χ4v) is 1.88. The van der Waals surface area contributed by atoms with Crippen LogP contribution in [0.15, 0.2) is 24.3 Å². The molecule has 3 N–H and O–H groups in total. The van der Waals surface area contributed by atoms with Gasteiger partial charge in [0.05, 0.1) is 12.2 Å². The highest BCUT2D eigenvalue weighted by Gasteiger charge is 2.23.